The first-order chi connectivity index (χ1) is 9.95. The van der Waals surface area contributed by atoms with Crippen LogP contribution in [-0.2, 0) is 4.79 Å². The number of nitrogens with zero attached hydrogens (tertiary/aromatic N) is 1. The van der Waals surface area contributed by atoms with Crippen LogP contribution >= 0.6 is 0 Å². The lowest BCUT2D eigenvalue weighted by molar-refractivity contribution is -0.385. The van der Waals surface area contributed by atoms with Crippen molar-refractivity contribution in [1.29, 1.82) is 0 Å². The Bertz CT molecular complexity index is 548. The first-order valence-electron chi connectivity index (χ1n) is 6.44. The van der Waals surface area contributed by atoms with E-state index in [1.54, 1.807) is 0 Å². The van der Waals surface area contributed by atoms with Gasteiger partial charge in [0.15, 0.2) is 0 Å². The van der Waals surface area contributed by atoms with Crippen LogP contribution in [-0.4, -0.2) is 29.8 Å². The molecule has 1 rings (SSSR count). The highest BCUT2D eigenvalue weighted by Crippen LogP contribution is 2.19. The molecule has 0 aliphatic heterocycles. The van der Waals surface area contributed by atoms with Gasteiger partial charge >= 0.3 is 0 Å². The highest BCUT2D eigenvalue weighted by molar-refractivity contribution is 5.98. The van der Waals surface area contributed by atoms with Crippen LogP contribution in [0.1, 0.15) is 30.1 Å². The van der Waals surface area contributed by atoms with Crippen LogP contribution in [0.15, 0.2) is 18.2 Å². The Morgan fingerprint density at radius 3 is 2.62 bits per heavy atom. The third-order valence-electron chi connectivity index (χ3n) is 2.61. The summed E-state index contributed by atoms with van der Waals surface area (Å²) >= 11 is 0. The zero-order valence-electron chi connectivity index (χ0n) is 11.5. The average molecular weight is 297 g/mol. The summed E-state index contributed by atoms with van der Waals surface area (Å²) in [5.41, 5.74) is -0.849. The number of halogens is 1. The van der Waals surface area contributed by atoms with Crippen LogP contribution in [0.2, 0.25) is 0 Å². The van der Waals surface area contributed by atoms with Crippen LogP contribution in [0.3, 0.4) is 0 Å². The van der Waals surface area contributed by atoms with E-state index in [9.17, 15) is 24.1 Å². The van der Waals surface area contributed by atoms with Gasteiger partial charge in [0.1, 0.15) is 11.4 Å². The number of carbonyl (C=O) groups is 2. The number of hydrogen-bond donors (Lipinski definition) is 2. The van der Waals surface area contributed by atoms with Crippen LogP contribution < -0.4 is 10.6 Å². The lowest BCUT2D eigenvalue weighted by Crippen LogP contribution is -2.31. The van der Waals surface area contributed by atoms with Crippen LogP contribution in [0, 0.1) is 15.9 Å². The number of nitro benzene ring substituents is 1. The summed E-state index contributed by atoms with van der Waals surface area (Å²) in [6.07, 6.45) is 0.850. The Morgan fingerprint density at radius 1 is 1.29 bits per heavy atom. The normalized spacial score (nSPS) is 10.0. The van der Waals surface area contributed by atoms with Crippen molar-refractivity contribution in [2.75, 3.05) is 13.1 Å². The highest BCUT2D eigenvalue weighted by atomic mass is 19.1. The fourth-order valence-corrected chi connectivity index (χ4v) is 1.59. The van der Waals surface area contributed by atoms with Crippen molar-refractivity contribution >= 4 is 17.5 Å². The predicted octanol–water partition coefficient (Wildman–Crippen LogP) is 1.38. The van der Waals surface area contributed by atoms with E-state index in [1.807, 2.05) is 6.92 Å². The Balaban J connectivity index is 2.62. The summed E-state index contributed by atoms with van der Waals surface area (Å²) in [6.45, 7) is 2.47. The second kappa shape index (κ2) is 7.93. The Morgan fingerprint density at radius 2 is 2.00 bits per heavy atom. The molecule has 8 heteroatoms. The summed E-state index contributed by atoms with van der Waals surface area (Å²) in [5, 5.41) is 15.8. The fraction of sp³-hybridized carbons (Fsp3) is 0.385. The third kappa shape index (κ3) is 5.17. The minimum Gasteiger partial charge on any atom is -0.356 e. The standard InChI is InChI=1S/C13H16FN3O4/c1-2-6-15-12(18)5-7-16-13(19)10-8-9(14)3-4-11(10)17(20)21/h3-4,8H,2,5-7H2,1H3,(H,15,18)(H,16,19). The van der Waals surface area contributed by atoms with Gasteiger partial charge in [0.2, 0.25) is 5.91 Å². The molecule has 114 valence electrons. The number of benzene rings is 1. The molecule has 0 aromatic heterocycles. The maximum Gasteiger partial charge on any atom is 0.282 e. The van der Waals surface area contributed by atoms with E-state index in [4.69, 9.17) is 0 Å². The molecule has 0 aliphatic carbocycles. The second-order valence-electron chi connectivity index (χ2n) is 4.27. The maximum absolute atomic E-state index is 13.1. The molecule has 1 aromatic rings. The Labute approximate surface area is 120 Å². The van der Waals surface area contributed by atoms with Crippen molar-refractivity contribution in [3.05, 3.63) is 39.7 Å². The summed E-state index contributed by atoms with van der Waals surface area (Å²) < 4.78 is 13.1. The molecule has 0 atom stereocenters. The molecule has 7 nitrogen and oxygen atoms in total. The van der Waals surface area contributed by atoms with E-state index in [1.165, 1.54) is 0 Å². The molecule has 2 amide bonds. The number of rotatable bonds is 7. The molecule has 0 heterocycles. The van der Waals surface area contributed by atoms with Gasteiger partial charge in [-0.2, -0.15) is 0 Å². The monoisotopic (exact) mass is 297 g/mol. The first-order valence-corrected chi connectivity index (χ1v) is 6.44. The number of hydrogen-bond acceptors (Lipinski definition) is 4. The van der Waals surface area contributed by atoms with Crippen LogP contribution in [0.4, 0.5) is 10.1 Å². The van der Waals surface area contributed by atoms with Gasteiger partial charge in [-0.25, -0.2) is 4.39 Å². The van der Waals surface area contributed by atoms with Crippen molar-refractivity contribution in [1.82, 2.24) is 10.6 Å². The number of carbonyl (C=O) groups excluding carboxylic acids is 2. The van der Waals surface area contributed by atoms with Gasteiger partial charge in [0.05, 0.1) is 4.92 Å². The summed E-state index contributed by atoms with van der Waals surface area (Å²) in [7, 11) is 0. The van der Waals surface area contributed by atoms with Crippen molar-refractivity contribution in [2.45, 2.75) is 19.8 Å². The average Bonchev–Trinajstić information content (AvgIpc) is 2.44. The molecule has 21 heavy (non-hydrogen) atoms. The van der Waals surface area contributed by atoms with Gasteiger partial charge < -0.3 is 10.6 Å². The van der Waals surface area contributed by atoms with Crippen molar-refractivity contribution in [3.63, 3.8) is 0 Å². The molecule has 0 spiro atoms. The summed E-state index contributed by atoms with van der Waals surface area (Å²) in [6, 6.07) is 2.63. The third-order valence-corrected chi connectivity index (χ3v) is 2.61. The van der Waals surface area contributed by atoms with Gasteiger partial charge in [0.25, 0.3) is 11.6 Å². The minimum atomic E-state index is -0.788. The fourth-order valence-electron chi connectivity index (χ4n) is 1.59. The molecule has 0 saturated heterocycles. The van der Waals surface area contributed by atoms with E-state index < -0.39 is 22.3 Å². The maximum atomic E-state index is 13.1. The zero-order valence-corrected chi connectivity index (χ0v) is 11.5. The number of nitro groups is 1. The van der Waals surface area contributed by atoms with E-state index in [-0.39, 0.29) is 24.4 Å². The van der Waals surface area contributed by atoms with E-state index in [0.717, 1.165) is 24.6 Å². The van der Waals surface area contributed by atoms with Crippen molar-refractivity contribution in [3.8, 4) is 0 Å². The topological polar surface area (TPSA) is 101 Å². The Kier molecular flexibility index (Phi) is 6.25. The molecule has 0 unspecified atom stereocenters. The van der Waals surface area contributed by atoms with Gasteiger partial charge in [0, 0.05) is 25.6 Å². The summed E-state index contributed by atoms with van der Waals surface area (Å²) in [5.74, 6) is -1.76. The largest absolute Gasteiger partial charge is 0.356 e. The SMILES string of the molecule is CCCNC(=O)CCNC(=O)c1cc(F)ccc1[N+](=O)[O-]. The lowest BCUT2D eigenvalue weighted by Gasteiger charge is -2.06. The van der Waals surface area contributed by atoms with Crippen LogP contribution in [0.25, 0.3) is 0 Å². The van der Waals surface area contributed by atoms with Gasteiger partial charge in [-0.15, -0.1) is 0 Å². The molecule has 0 aliphatic rings. The van der Waals surface area contributed by atoms with Crippen molar-refractivity contribution < 1.29 is 18.9 Å². The van der Waals surface area contributed by atoms with Gasteiger partial charge in [-0.05, 0) is 18.6 Å². The molecule has 0 radical (unpaired) electrons. The predicted molar refractivity (Wildman–Crippen MR) is 73.3 cm³/mol. The molecule has 0 fully saturated rings. The lowest BCUT2D eigenvalue weighted by atomic mass is 10.1. The molecule has 1 aromatic carbocycles. The Hall–Kier alpha value is -2.51. The molecule has 2 N–H and O–H groups in total. The molecule has 0 bridgehead atoms. The molecular weight excluding hydrogens is 281 g/mol. The highest BCUT2D eigenvalue weighted by Gasteiger charge is 2.20. The smallest absolute Gasteiger partial charge is 0.282 e. The quantitative estimate of drug-likeness (QED) is 0.586. The van der Waals surface area contributed by atoms with E-state index >= 15 is 0 Å². The van der Waals surface area contributed by atoms with Gasteiger partial charge in [-0.1, -0.05) is 6.92 Å². The number of amides is 2. The van der Waals surface area contributed by atoms with E-state index in [0.29, 0.717) is 6.54 Å². The molecule has 0 saturated carbocycles. The zero-order chi connectivity index (χ0) is 15.8. The summed E-state index contributed by atoms with van der Waals surface area (Å²) in [4.78, 5) is 33.1. The molecular formula is C13H16FN3O4. The first kappa shape index (κ1) is 16.5. The minimum absolute atomic E-state index is 0.0159. The number of nitrogens with one attached hydrogen (secondary N) is 2. The van der Waals surface area contributed by atoms with Crippen LogP contribution in [0.5, 0.6) is 0 Å². The van der Waals surface area contributed by atoms with Crippen molar-refractivity contribution in [2.24, 2.45) is 0 Å². The van der Waals surface area contributed by atoms with E-state index in [2.05, 4.69) is 10.6 Å². The second-order valence-corrected chi connectivity index (χ2v) is 4.27. The van der Waals surface area contributed by atoms with Gasteiger partial charge in [-0.3, -0.25) is 19.7 Å².